The number of hydrogen-bond acceptors (Lipinski definition) is 4. The zero-order valence-corrected chi connectivity index (χ0v) is 14.3. The Labute approximate surface area is 147 Å². The molecule has 1 aromatic heterocycles. The lowest BCUT2D eigenvalue weighted by Gasteiger charge is -2.08. The summed E-state index contributed by atoms with van der Waals surface area (Å²) in [6.07, 6.45) is 0. The number of carbonyl (C=O) groups excluding carboxylic acids is 1. The first kappa shape index (κ1) is 16.0. The molecule has 0 N–H and O–H groups in total. The number of halogens is 1. The summed E-state index contributed by atoms with van der Waals surface area (Å²) in [6, 6.07) is 18.5. The Bertz CT molecular complexity index is 943. The van der Waals surface area contributed by atoms with Crippen LogP contribution in [0.25, 0.3) is 16.9 Å². The molecule has 0 aliphatic rings. The van der Waals surface area contributed by atoms with E-state index in [4.69, 9.17) is 4.74 Å². The third-order valence-electron chi connectivity index (χ3n) is 3.48. The highest BCUT2D eigenvalue weighted by molar-refractivity contribution is 9.10. The van der Waals surface area contributed by atoms with E-state index >= 15 is 0 Å². The van der Waals surface area contributed by atoms with Crippen molar-refractivity contribution in [2.75, 3.05) is 7.11 Å². The van der Waals surface area contributed by atoms with Crippen LogP contribution in [-0.4, -0.2) is 22.9 Å². The molecule has 3 rings (SSSR count). The van der Waals surface area contributed by atoms with Crippen molar-refractivity contribution in [3.05, 3.63) is 70.3 Å². The van der Waals surface area contributed by atoms with Gasteiger partial charge in [0.2, 0.25) is 0 Å². The van der Waals surface area contributed by atoms with Gasteiger partial charge in [-0.1, -0.05) is 46.3 Å². The van der Waals surface area contributed by atoms with Gasteiger partial charge in [0.05, 0.1) is 24.1 Å². The van der Waals surface area contributed by atoms with Gasteiger partial charge in [-0.2, -0.15) is 10.4 Å². The van der Waals surface area contributed by atoms with Gasteiger partial charge in [0.25, 0.3) is 0 Å². The van der Waals surface area contributed by atoms with Crippen molar-refractivity contribution in [3.63, 3.8) is 0 Å². The molecule has 118 valence electrons. The zero-order chi connectivity index (χ0) is 17.1. The van der Waals surface area contributed by atoms with Crippen molar-refractivity contribution in [1.29, 1.82) is 5.26 Å². The van der Waals surface area contributed by atoms with Crippen LogP contribution in [0.3, 0.4) is 0 Å². The van der Waals surface area contributed by atoms with Crippen molar-refractivity contribution in [3.8, 4) is 23.0 Å². The molecule has 0 bridgehead atoms. The summed E-state index contributed by atoms with van der Waals surface area (Å²) in [7, 11) is 1.31. The van der Waals surface area contributed by atoms with E-state index in [1.54, 1.807) is 24.3 Å². The second-order valence-electron chi connectivity index (χ2n) is 4.96. The molecular formula is C18H12BrN3O2. The molecule has 0 saturated heterocycles. The molecular weight excluding hydrogens is 370 g/mol. The van der Waals surface area contributed by atoms with E-state index in [9.17, 15) is 10.1 Å². The van der Waals surface area contributed by atoms with Crippen molar-refractivity contribution in [2.45, 2.75) is 0 Å². The van der Waals surface area contributed by atoms with E-state index in [0.717, 1.165) is 10.0 Å². The lowest BCUT2D eigenvalue weighted by atomic mass is 10.1. The number of esters is 1. The van der Waals surface area contributed by atoms with E-state index in [1.165, 1.54) is 11.8 Å². The molecule has 0 amide bonds. The van der Waals surface area contributed by atoms with Crippen molar-refractivity contribution < 1.29 is 9.53 Å². The molecule has 0 radical (unpaired) electrons. The average molecular weight is 382 g/mol. The summed E-state index contributed by atoms with van der Waals surface area (Å²) in [5, 5.41) is 13.9. The van der Waals surface area contributed by atoms with Gasteiger partial charge in [-0.05, 0) is 24.3 Å². The van der Waals surface area contributed by atoms with Crippen LogP contribution in [0.2, 0.25) is 0 Å². The predicted molar refractivity (Wildman–Crippen MR) is 92.8 cm³/mol. The van der Waals surface area contributed by atoms with Crippen LogP contribution in [0.5, 0.6) is 0 Å². The Balaban J connectivity index is 2.24. The largest absolute Gasteiger partial charge is 0.464 e. The maximum atomic E-state index is 12.2. The Morgan fingerprint density at radius 1 is 1.21 bits per heavy atom. The number of methoxy groups -OCH3 is 1. The van der Waals surface area contributed by atoms with Crippen molar-refractivity contribution in [1.82, 2.24) is 9.78 Å². The topological polar surface area (TPSA) is 67.9 Å². The van der Waals surface area contributed by atoms with Crippen molar-refractivity contribution >= 4 is 21.9 Å². The molecule has 2 aromatic carbocycles. The van der Waals surface area contributed by atoms with Gasteiger partial charge in [0.15, 0.2) is 5.69 Å². The first-order valence-corrected chi connectivity index (χ1v) is 7.87. The fraction of sp³-hybridized carbons (Fsp3) is 0.0556. The van der Waals surface area contributed by atoms with E-state index in [0.29, 0.717) is 16.9 Å². The van der Waals surface area contributed by atoms with E-state index in [2.05, 4.69) is 27.1 Å². The average Bonchev–Trinajstić information content (AvgIpc) is 3.07. The van der Waals surface area contributed by atoms with Crippen LogP contribution < -0.4 is 0 Å². The number of hydrogen-bond donors (Lipinski definition) is 0. The molecule has 3 aromatic rings. The maximum absolute atomic E-state index is 12.2. The second-order valence-corrected chi connectivity index (χ2v) is 5.87. The molecule has 0 aliphatic heterocycles. The molecule has 0 spiro atoms. The lowest BCUT2D eigenvalue weighted by molar-refractivity contribution is 0.0590. The summed E-state index contributed by atoms with van der Waals surface area (Å²) in [6.45, 7) is 0. The SMILES string of the molecule is COC(=O)c1cc(-c2ccccc2)nn1-c1cc(Br)ccc1C#N. The van der Waals surface area contributed by atoms with Gasteiger partial charge >= 0.3 is 5.97 Å². The highest BCUT2D eigenvalue weighted by Crippen LogP contribution is 2.25. The first-order valence-electron chi connectivity index (χ1n) is 7.08. The fourth-order valence-electron chi connectivity index (χ4n) is 2.34. The standard InChI is InChI=1S/C18H12BrN3O2/c1-24-18(23)17-10-15(12-5-3-2-4-6-12)21-22(17)16-9-14(19)8-7-13(16)11-20/h2-10H,1H3. The smallest absolute Gasteiger partial charge is 0.356 e. The van der Waals surface area contributed by atoms with Gasteiger partial charge < -0.3 is 4.74 Å². The maximum Gasteiger partial charge on any atom is 0.356 e. The first-order chi connectivity index (χ1) is 11.6. The minimum absolute atomic E-state index is 0.256. The summed E-state index contributed by atoms with van der Waals surface area (Å²) in [5.74, 6) is -0.520. The highest BCUT2D eigenvalue weighted by atomic mass is 79.9. The molecule has 0 atom stereocenters. The lowest BCUT2D eigenvalue weighted by Crippen LogP contribution is -2.11. The Morgan fingerprint density at radius 2 is 1.96 bits per heavy atom. The highest BCUT2D eigenvalue weighted by Gasteiger charge is 2.20. The van der Waals surface area contributed by atoms with Gasteiger partial charge in [0, 0.05) is 10.0 Å². The molecule has 6 heteroatoms. The van der Waals surface area contributed by atoms with Crippen LogP contribution in [0.4, 0.5) is 0 Å². The molecule has 5 nitrogen and oxygen atoms in total. The van der Waals surface area contributed by atoms with Crippen LogP contribution >= 0.6 is 15.9 Å². The fourth-order valence-corrected chi connectivity index (χ4v) is 2.69. The van der Waals surface area contributed by atoms with Gasteiger partial charge in [-0.25, -0.2) is 9.48 Å². The summed E-state index contributed by atoms with van der Waals surface area (Å²) in [5.41, 5.74) is 2.67. The summed E-state index contributed by atoms with van der Waals surface area (Å²) >= 11 is 3.39. The zero-order valence-electron chi connectivity index (χ0n) is 12.7. The molecule has 0 fully saturated rings. The Hall–Kier alpha value is -2.91. The quantitative estimate of drug-likeness (QED) is 0.643. The van der Waals surface area contributed by atoms with Gasteiger partial charge in [-0.15, -0.1) is 0 Å². The molecule has 24 heavy (non-hydrogen) atoms. The van der Waals surface area contributed by atoms with Crippen molar-refractivity contribution in [2.24, 2.45) is 0 Å². The van der Waals surface area contributed by atoms with Crippen LogP contribution in [0.1, 0.15) is 16.1 Å². The third kappa shape index (κ3) is 2.94. The molecule has 0 saturated carbocycles. The summed E-state index contributed by atoms with van der Waals surface area (Å²) < 4.78 is 7.08. The van der Waals surface area contributed by atoms with E-state index < -0.39 is 5.97 Å². The normalized spacial score (nSPS) is 10.2. The summed E-state index contributed by atoms with van der Waals surface area (Å²) in [4.78, 5) is 12.2. The number of carbonyl (C=O) groups is 1. The number of aromatic nitrogens is 2. The van der Waals surface area contributed by atoms with Gasteiger partial charge in [0.1, 0.15) is 6.07 Å². The predicted octanol–water partition coefficient (Wildman–Crippen LogP) is 3.96. The molecule has 0 aliphatic carbocycles. The monoisotopic (exact) mass is 381 g/mol. The second kappa shape index (κ2) is 6.69. The minimum atomic E-state index is -0.520. The number of nitrogens with zero attached hydrogens (tertiary/aromatic N) is 3. The molecule has 0 unspecified atom stereocenters. The molecule has 1 heterocycles. The number of rotatable bonds is 3. The third-order valence-corrected chi connectivity index (χ3v) is 3.98. The Morgan fingerprint density at radius 3 is 2.62 bits per heavy atom. The van der Waals surface area contributed by atoms with Crippen LogP contribution in [0, 0.1) is 11.3 Å². The Kier molecular flexibility index (Phi) is 4.45. The van der Waals surface area contributed by atoms with E-state index in [1.807, 2.05) is 30.3 Å². The van der Waals surface area contributed by atoms with E-state index in [-0.39, 0.29) is 5.69 Å². The number of nitriles is 1. The minimum Gasteiger partial charge on any atom is -0.464 e. The number of ether oxygens (including phenoxy) is 1. The van der Waals surface area contributed by atoms with Crippen LogP contribution in [-0.2, 0) is 4.74 Å². The number of benzene rings is 2. The van der Waals surface area contributed by atoms with Crippen LogP contribution in [0.15, 0.2) is 59.1 Å². The van der Waals surface area contributed by atoms with Gasteiger partial charge in [-0.3, -0.25) is 0 Å².